The molecule has 0 amide bonds. The first-order valence-electron chi connectivity index (χ1n) is 4.78. The lowest BCUT2D eigenvalue weighted by Crippen LogP contribution is -2.24. The van der Waals surface area contributed by atoms with Gasteiger partial charge in [-0.25, -0.2) is 4.79 Å². The maximum atomic E-state index is 10.9. The number of hydrogen-bond acceptors (Lipinski definition) is 4. The Kier molecular flexibility index (Phi) is 4.00. The number of rotatable bonds is 4. The third-order valence-corrected chi connectivity index (χ3v) is 2.40. The van der Waals surface area contributed by atoms with Crippen LogP contribution in [0.2, 0.25) is 0 Å². The van der Waals surface area contributed by atoms with Crippen LogP contribution in [0.4, 0.5) is 0 Å². The quantitative estimate of drug-likeness (QED) is 0.583. The molecule has 0 heterocycles. The molecule has 4 N–H and O–H groups in total. The van der Waals surface area contributed by atoms with Gasteiger partial charge in [0.25, 0.3) is 0 Å². The van der Waals surface area contributed by atoms with Gasteiger partial charge in [-0.1, -0.05) is 12.1 Å². The molecule has 0 saturated carbocycles. The molecule has 1 rings (SSSR count). The van der Waals surface area contributed by atoms with Crippen LogP contribution < -0.4 is 0 Å². The standard InChI is InChI=1S/C11H14O5/c1-6-3-2-4-7(11(15)16)9(6)10(14)8(13)5-12/h2-4,8,10,12-14H,5H2,1H3,(H,15,16). The Balaban J connectivity index is 3.24. The summed E-state index contributed by atoms with van der Waals surface area (Å²) in [7, 11) is 0. The van der Waals surface area contributed by atoms with Crippen LogP contribution in [0.1, 0.15) is 27.6 Å². The molecule has 88 valence electrons. The maximum Gasteiger partial charge on any atom is 0.336 e. The van der Waals surface area contributed by atoms with Crippen LogP contribution in [-0.2, 0) is 0 Å². The number of aryl methyl sites for hydroxylation is 1. The van der Waals surface area contributed by atoms with Crippen molar-refractivity contribution in [3.63, 3.8) is 0 Å². The van der Waals surface area contributed by atoms with Crippen molar-refractivity contribution in [3.8, 4) is 0 Å². The SMILES string of the molecule is Cc1cccc(C(=O)O)c1C(O)C(O)CO. The zero-order chi connectivity index (χ0) is 12.3. The number of aromatic carboxylic acids is 1. The first kappa shape index (κ1) is 12.6. The van der Waals surface area contributed by atoms with E-state index in [1.54, 1.807) is 19.1 Å². The second kappa shape index (κ2) is 5.07. The van der Waals surface area contributed by atoms with Gasteiger partial charge in [0.1, 0.15) is 12.2 Å². The molecular weight excluding hydrogens is 212 g/mol. The largest absolute Gasteiger partial charge is 0.478 e. The molecule has 0 aliphatic rings. The van der Waals surface area contributed by atoms with Crippen LogP contribution in [0, 0.1) is 6.92 Å². The van der Waals surface area contributed by atoms with Crippen molar-refractivity contribution in [1.82, 2.24) is 0 Å². The lowest BCUT2D eigenvalue weighted by atomic mass is 9.94. The smallest absolute Gasteiger partial charge is 0.336 e. The van der Waals surface area contributed by atoms with Crippen LogP contribution in [0.3, 0.4) is 0 Å². The summed E-state index contributed by atoms with van der Waals surface area (Å²) < 4.78 is 0. The molecular formula is C11H14O5. The van der Waals surface area contributed by atoms with Gasteiger partial charge in [0.05, 0.1) is 12.2 Å². The lowest BCUT2D eigenvalue weighted by molar-refractivity contribution is -0.0160. The Morgan fingerprint density at radius 3 is 2.50 bits per heavy atom. The summed E-state index contributed by atoms with van der Waals surface area (Å²) in [5, 5.41) is 36.7. The molecule has 0 bridgehead atoms. The highest BCUT2D eigenvalue weighted by atomic mass is 16.4. The van der Waals surface area contributed by atoms with Crippen molar-refractivity contribution in [2.75, 3.05) is 6.61 Å². The minimum absolute atomic E-state index is 0.0694. The molecule has 0 aromatic heterocycles. The molecule has 16 heavy (non-hydrogen) atoms. The minimum Gasteiger partial charge on any atom is -0.478 e. The number of aliphatic hydroxyl groups is 3. The fourth-order valence-corrected chi connectivity index (χ4v) is 1.55. The highest BCUT2D eigenvalue weighted by Crippen LogP contribution is 2.24. The van der Waals surface area contributed by atoms with E-state index in [4.69, 9.17) is 10.2 Å². The summed E-state index contributed by atoms with van der Waals surface area (Å²) in [6, 6.07) is 4.54. The fourth-order valence-electron chi connectivity index (χ4n) is 1.55. The van der Waals surface area contributed by atoms with Gasteiger partial charge in [0, 0.05) is 5.56 Å². The Morgan fingerprint density at radius 1 is 1.38 bits per heavy atom. The van der Waals surface area contributed by atoms with E-state index in [1.807, 2.05) is 0 Å². The molecule has 5 heteroatoms. The van der Waals surface area contributed by atoms with Crippen LogP contribution in [-0.4, -0.2) is 39.1 Å². The third kappa shape index (κ3) is 2.38. The Bertz CT molecular complexity index is 388. The fraction of sp³-hybridized carbons (Fsp3) is 0.364. The molecule has 5 nitrogen and oxygen atoms in total. The second-order valence-corrected chi connectivity index (χ2v) is 3.54. The second-order valence-electron chi connectivity index (χ2n) is 3.54. The van der Waals surface area contributed by atoms with Gasteiger partial charge in [0.15, 0.2) is 0 Å². The zero-order valence-electron chi connectivity index (χ0n) is 8.79. The molecule has 1 aromatic carbocycles. The normalized spacial score (nSPS) is 14.5. The average molecular weight is 226 g/mol. The number of carboxylic acid groups (broad SMARTS) is 1. The first-order valence-corrected chi connectivity index (χ1v) is 4.78. The molecule has 0 saturated heterocycles. The Hall–Kier alpha value is -1.43. The van der Waals surface area contributed by atoms with Gasteiger partial charge < -0.3 is 20.4 Å². The van der Waals surface area contributed by atoms with E-state index < -0.39 is 24.8 Å². The summed E-state index contributed by atoms with van der Waals surface area (Å²) in [6.07, 6.45) is -2.79. The number of carbonyl (C=O) groups is 1. The summed E-state index contributed by atoms with van der Waals surface area (Å²) in [4.78, 5) is 10.9. The molecule has 1 aromatic rings. The number of benzene rings is 1. The number of aliphatic hydroxyl groups excluding tert-OH is 3. The van der Waals surface area contributed by atoms with E-state index in [1.165, 1.54) is 6.07 Å². The predicted molar refractivity (Wildman–Crippen MR) is 56.2 cm³/mol. The molecule has 2 atom stereocenters. The van der Waals surface area contributed by atoms with Crippen molar-refractivity contribution < 1.29 is 25.2 Å². The highest BCUT2D eigenvalue weighted by Gasteiger charge is 2.24. The Labute approximate surface area is 92.6 Å². The van der Waals surface area contributed by atoms with Crippen molar-refractivity contribution in [2.45, 2.75) is 19.1 Å². The van der Waals surface area contributed by atoms with Gasteiger partial charge in [-0.05, 0) is 18.6 Å². The number of hydrogen-bond donors (Lipinski definition) is 4. The van der Waals surface area contributed by atoms with Gasteiger partial charge in [-0.3, -0.25) is 0 Å². The Morgan fingerprint density at radius 2 is 2.00 bits per heavy atom. The monoisotopic (exact) mass is 226 g/mol. The topological polar surface area (TPSA) is 98.0 Å². The van der Waals surface area contributed by atoms with E-state index in [0.29, 0.717) is 5.56 Å². The van der Waals surface area contributed by atoms with E-state index in [2.05, 4.69) is 0 Å². The molecule has 0 aliphatic heterocycles. The summed E-state index contributed by atoms with van der Waals surface area (Å²) in [5.41, 5.74) is 0.622. The zero-order valence-corrected chi connectivity index (χ0v) is 8.79. The summed E-state index contributed by atoms with van der Waals surface area (Å²) in [5.74, 6) is -1.18. The van der Waals surface area contributed by atoms with Crippen molar-refractivity contribution in [2.24, 2.45) is 0 Å². The molecule has 0 fully saturated rings. The summed E-state index contributed by atoms with van der Waals surface area (Å²) >= 11 is 0. The van der Waals surface area contributed by atoms with E-state index in [-0.39, 0.29) is 11.1 Å². The molecule has 0 radical (unpaired) electrons. The van der Waals surface area contributed by atoms with Gasteiger partial charge in [0.2, 0.25) is 0 Å². The van der Waals surface area contributed by atoms with E-state index >= 15 is 0 Å². The maximum absolute atomic E-state index is 10.9. The van der Waals surface area contributed by atoms with E-state index in [0.717, 1.165) is 0 Å². The van der Waals surface area contributed by atoms with Crippen LogP contribution in [0.15, 0.2) is 18.2 Å². The van der Waals surface area contributed by atoms with Gasteiger partial charge >= 0.3 is 5.97 Å². The van der Waals surface area contributed by atoms with Crippen LogP contribution >= 0.6 is 0 Å². The molecule has 0 spiro atoms. The van der Waals surface area contributed by atoms with E-state index in [9.17, 15) is 15.0 Å². The van der Waals surface area contributed by atoms with Crippen molar-refractivity contribution >= 4 is 5.97 Å². The van der Waals surface area contributed by atoms with Crippen LogP contribution in [0.5, 0.6) is 0 Å². The minimum atomic E-state index is -1.41. The van der Waals surface area contributed by atoms with Crippen molar-refractivity contribution in [1.29, 1.82) is 0 Å². The van der Waals surface area contributed by atoms with Crippen LogP contribution in [0.25, 0.3) is 0 Å². The predicted octanol–water partition coefficient (Wildman–Crippen LogP) is 0.0798. The van der Waals surface area contributed by atoms with Gasteiger partial charge in [-0.2, -0.15) is 0 Å². The first-order chi connectivity index (χ1) is 7.49. The molecule has 2 unspecified atom stereocenters. The van der Waals surface area contributed by atoms with Crippen molar-refractivity contribution in [3.05, 3.63) is 34.9 Å². The summed E-state index contributed by atoms with van der Waals surface area (Å²) in [6.45, 7) is 1.00. The average Bonchev–Trinajstić information content (AvgIpc) is 2.26. The lowest BCUT2D eigenvalue weighted by Gasteiger charge is -2.19. The van der Waals surface area contributed by atoms with Gasteiger partial charge in [-0.15, -0.1) is 0 Å². The third-order valence-electron chi connectivity index (χ3n) is 2.40. The highest BCUT2D eigenvalue weighted by molar-refractivity contribution is 5.90. The molecule has 0 aliphatic carbocycles. The number of carboxylic acids is 1.